The molecule has 5 nitrogen and oxygen atoms in total. The van der Waals surface area contributed by atoms with Gasteiger partial charge in [0.25, 0.3) is 0 Å². The molecule has 2 amide bonds. The molecule has 1 N–H and O–H groups in total. The molecule has 2 saturated heterocycles. The lowest BCUT2D eigenvalue weighted by Crippen LogP contribution is -2.58. The smallest absolute Gasteiger partial charge is 0.244 e. The maximum atomic E-state index is 13.3. The molecule has 3 aliphatic rings. The predicted molar refractivity (Wildman–Crippen MR) is 127 cm³/mol. The number of likely N-dealkylation sites (tertiary alicyclic amines) is 1. The van der Waals surface area contributed by atoms with Crippen molar-refractivity contribution in [3.05, 3.63) is 0 Å². The van der Waals surface area contributed by atoms with E-state index in [0.717, 1.165) is 30.3 Å². The molecule has 0 aromatic carbocycles. The Morgan fingerprint density at radius 2 is 1.69 bits per heavy atom. The number of rotatable bonds is 4. The van der Waals surface area contributed by atoms with Crippen molar-refractivity contribution < 1.29 is 9.59 Å². The van der Waals surface area contributed by atoms with E-state index in [1.807, 2.05) is 4.90 Å². The van der Waals surface area contributed by atoms with Crippen LogP contribution in [0.4, 0.5) is 0 Å². The quantitative estimate of drug-likeness (QED) is 0.644. The van der Waals surface area contributed by atoms with Gasteiger partial charge in [-0.15, -0.1) is 11.8 Å². The van der Waals surface area contributed by atoms with E-state index in [0.29, 0.717) is 5.75 Å². The van der Waals surface area contributed by atoms with Gasteiger partial charge >= 0.3 is 0 Å². The minimum atomic E-state index is -0.460. The summed E-state index contributed by atoms with van der Waals surface area (Å²) in [6.07, 6.45) is 8.03. The molecule has 0 spiro atoms. The standard InChI is InChI=1S/C21H35N3O2S3/c1-20(2)17(18(26)22-15-10-6-5-7-11-15)24(21(3,4)29-20)16(25)14-28-19(27)23-12-8-9-13-23/h15,17H,5-14H2,1-4H3,(H,22,26). The molecule has 0 bridgehead atoms. The van der Waals surface area contributed by atoms with E-state index in [2.05, 4.69) is 37.9 Å². The van der Waals surface area contributed by atoms with Crippen LogP contribution in [0.5, 0.6) is 0 Å². The van der Waals surface area contributed by atoms with E-state index >= 15 is 0 Å². The molecule has 1 unspecified atom stereocenters. The maximum Gasteiger partial charge on any atom is 0.244 e. The molecular formula is C21H35N3O2S3. The first kappa shape index (κ1) is 23.2. The second-order valence-corrected chi connectivity index (χ2v) is 13.3. The fourth-order valence-electron chi connectivity index (χ4n) is 4.96. The van der Waals surface area contributed by atoms with Crippen molar-refractivity contribution in [1.29, 1.82) is 0 Å². The third-order valence-electron chi connectivity index (χ3n) is 6.16. The minimum absolute atomic E-state index is 0.000412. The van der Waals surface area contributed by atoms with Gasteiger partial charge in [0.05, 0.1) is 10.6 Å². The van der Waals surface area contributed by atoms with Gasteiger partial charge in [0.1, 0.15) is 10.4 Å². The van der Waals surface area contributed by atoms with Crippen molar-refractivity contribution in [3.8, 4) is 0 Å². The van der Waals surface area contributed by atoms with Crippen LogP contribution in [0.25, 0.3) is 0 Å². The van der Waals surface area contributed by atoms with Crippen molar-refractivity contribution in [2.24, 2.45) is 0 Å². The highest BCUT2D eigenvalue weighted by molar-refractivity contribution is 8.23. The second-order valence-electron chi connectivity index (χ2n) is 9.41. The predicted octanol–water partition coefficient (Wildman–Crippen LogP) is 4.01. The van der Waals surface area contributed by atoms with Gasteiger partial charge in [-0.05, 0) is 53.4 Å². The van der Waals surface area contributed by atoms with Crippen molar-refractivity contribution in [1.82, 2.24) is 15.1 Å². The number of amides is 2. The highest BCUT2D eigenvalue weighted by atomic mass is 32.2. The van der Waals surface area contributed by atoms with Crippen LogP contribution in [0.3, 0.4) is 0 Å². The van der Waals surface area contributed by atoms with E-state index in [1.165, 1.54) is 43.9 Å². The van der Waals surface area contributed by atoms with Crippen LogP contribution in [0, 0.1) is 0 Å². The molecule has 0 aromatic rings. The van der Waals surface area contributed by atoms with Crippen LogP contribution >= 0.6 is 35.7 Å². The van der Waals surface area contributed by atoms with Gasteiger partial charge in [0.2, 0.25) is 11.8 Å². The molecule has 164 valence electrons. The summed E-state index contributed by atoms with van der Waals surface area (Å²) < 4.78 is 0.473. The van der Waals surface area contributed by atoms with Crippen LogP contribution in [-0.2, 0) is 9.59 Å². The van der Waals surface area contributed by atoms with Gasteiger partial charge in [-0.1, -0.05) is 43.2 Å². The lowest BCUT2D eigenvalue weighted by Gasteiger charge is -2.36. The molecule has 2 aliphatic heterocycles. The molecule has 1 atom stereocenters. The summed E-state index contributed by atoms with van der Waals surface area (Å²) in [5.41, 5.74) is 0. The summed E-state index contributed by atoms with van der Waals surface area (Å²) in [5, 5.41) is 3.26. The Morgan fingerprint density at radius 1 is 1.07 bits per heavy atom. The summed E-state index contributed by atoms with van der Waals surface area (Å²) in [5.74, 6) is 0.298. The Morgan fingerprint density at radius 3 is 2.31 bits per heavy atom. The first-order valence-electron chi connectivity index (χ1n) is 10.9. The molecule has 0 aromatic heterocycles. The Labute approximate surface area is 189 Å². The summed E-state index contributed by atoms with van der Waals surface area (Å²) in [4.78, 5) is 30.2. The van der Waals surface area contributed by atoms with Gasteiger partial charge in [0.15, 0.2) is 0 Å². The summed E-state index contributed by atoms with van der Waals surface area (Å²) in [7, 11) is 0. The SMILES string of the molecule is CC1(C)SC(C)(C)N(C(=O)CSC(=S)N2CCCC2)C1C(=O)NC1CCCCC1. The molecule has 2 heterocycles. The highest BCUT2D eigenvalue weighted by Crippen LogP contribution is 2.51. The third-order valence-corrected chi connectivity index (χ3v) is 9.12. The first-order chi connectivity index (χ1) is 13.6. The Bertz CT molecular complexity index is 641. The summed E-state index contributed by atoms with van der Waals surface area (Å²) in [6.45, 7) is 10.2. The van der Waals surface area contributed by atoms with E-state index in [4.69, 9.17) is 12.2 Å². The Kier molecular flexibility index (Phi) is 7.48. The molecule has 29 heavy (non-hydrogen) atoms. The number of nitrogens with one attached hydrogen (secondary N) is 1. The minimum Gasteiger partial charge on any atom is -0.358 e. The molecule has 8 heteroatoms. The number of nitrogens with zero attached hydrogens (tertiary/aromatic N) is 2. The van der Waals surface area contributed by atoms with Gasteiger partial charge in [0, 0.05) is 23.9 Å². The molecule has 3 fully saturated rings. The molecule has 3 rings (SSSR count). The monoisotopic (exact) mass is 457 g/mol. The molecule has 1 aliphatic carbocycles. The van der Waals surface area contributed by atoms with Crippen LogP contribution in [-0.4, -0.2) is 66.5 Å². The van der Waals surface area contributed by atoms with E-state index in [9.17, 15) is 9.59 Å². The summed E-state index contributed by atoms with van der Waals surface area (Å²) in [6, 6.07) is -0.215. The highest BCUT2D eigenvalue weighted by Gasteiger charge is 2.56. The van der Waals surface area contributed by atoms with Gasteiger partial charge in [-0.2, -0.15) is 0 Å². The Hall–Kier alpha value is -0.470. The van der Waals surface area contributed by atoms with E-state index in [-0.39, 0.29) is 22.6 Å². The van der Waals surface area contributed by atoms with E-state index < -0.39 is 10.9 Å². The maximum absolute atomic E-state index is 13.3. The van der Waals surface area contributed by atoms with Gasteiger partial charge in [-0.3, -0.25) is 9.59 Å². The van der Waals surface area contributed by atoms with Crippen molar-refractivity contribution >= 4 is 51.9 Å². The fraction of sp³-hybridized carbons (Fsp3) is 0.857. The zero-order chi connectivity index (χ0) is 21.2. The van der Waals surface area contributed by atoms with Crippen molar-refractivity contribution in [3.63, 3.8) is 0 Å². The number of hydrogen-bond acceptors (Lipinski definition) is 5. The first-order valence-corrected chi connectivity index (χ1v) is 13.1. The van der Waals surface area contributed by atoms with Gasteiger partial charge < -0.3 is 15.1 Å². The lowest BCUT2D eigenvalue weighted by molar-refractivity contribution is -0.141. The topological polar surface area (TPSA) is 52.7 Å². The van der Waals surface area contributed by atoms with Crippen molar-refractivity contribution in [2.45, 2.75) is 94.3 Å². The average molecular weight is 458 g/mol. The molecule has 0 radical (unpaired) electrons. The van der Waals surface area contributed by atoms with Crippen LogP contribution < -0.4 is 5.32 Å². The van der Waals surface area contributed by atoms with Crippen LogP contribution in [0.15, 0.2) is 0 Å². The number of carbonyl (C=O) groups is 2. The number of hydrogen-bond donors (Lipinski definition) is 1. The normalized spacial score (nSPS) is 26.6. The number of thioether (sulfide) groups is 2. The van der Waals surface area contributed by atoms with Crippen LogP contribution in [0.1, 0.15) is 72.6 Å². The third kappa shape index (κ3) is 5.42. The zero-order valence-corrected chi connectivity index (χ0v) is 20.6. The molecule has 1 saturated carbocycles. The number of thiocarbonyl (C=S) groups is 1. The lowest BCUT2D eigenvalue weighted by atomic mass is 9.94. The zero-order valence-electron chi connectivity index (χ0n) is 18.2. The second kappa shape index (κ2) is 9.35. The van der Waals surface area contributed by atoms with Crippen LogP contribution in [0.2, 0.25) is 0 Å². The van der Waals surface area contributed by atoms with Gasteiger partial charge in [-0.25, -0.2) is 0 Å². The Balaban J connectivity index is 1.69. The fourth-order valence-corrected chi connectivity index (χ4v) is 7.99. The van der Waals surface area contributed by atoms with Crippen molar-refractivity contribution in [2.75, 3.05) is 18.8 Å². The van der Waals surface area contributed by atoms with E-state index in [1.54, 1.807) is 11.8 Å². The number of carbonyl (C=O) groups excluding carboxylic acids is 2. The average Bonchev–Trinajstić information content (AvgIpc) is 3.23. The largest absolute Gasteiger partial charge is 0.358 e. The molecular weight excluding hydrogens is 422 g/mol. The summed E-state index contributed by atoms with van der Waals surface area (Å²) >= 11 is 8.69.